The fourth-order valence-electron chi connectivity index (χ4n) is 1.18. The van der Waals surface area contributed by atoms with Gasteiger partial charge >= 0.3 is 0 Å². The van der Waals surface area contributed by atoms with Gasteiger partial charge in [0.05, 0.1) is 19.3 Å². The molecule has 0 amide bonds. The summed E-state index contributed by atoms with van der Waals surface area (Å²) in [7, 11) is 0. The number of aliphatic hydroxyl groups is 2. The lowest BCUT2D eigenvalue weighted by atomic mass is 10.1. The Hall–Kier alpha value is -0.160. The van der Waals surface area contributed by atoms with Crippen molar-refractivity contribution >= 4 is 0 Å². The quantitative estimate of drug-likeness (QED) is 0.602. The van der Waals surface area contributed by atoms with Crippen molar-refractivity contribution in [3.8, 4) is 0 Å². The van der Waals surface area contributed by atoms with Gasteiger partial charge < -0.3 is 14.9 Å². The van der Waals surface area contributed by atoms with Crippen molar-refractivity contribution in [3.05, 3.63) is 0 Å². The van der Waals surface area contributed by atoms with Gasteiger partial charge in [-0.2, -0.15) is 0 Å². The van der Waals surface area contributed by atoms with Gasteiger partial charge in [0.15, 0.2) is 0 Å². The first-order chi connectivity index (χ1) is 5.60. The van der Waals surface area contributed by atoms with E-state index in [1.165, 1.54) is 0 Å². The van der Waals surface area contributed by atoms with E-state index in [4.69, 9.17) is 14.9 Å². The Bertz CT molecular complexity index is 149. The summed E-state index contributed by atoms with van der Waals surface area (Å²) in [4.78, 5) is 2.02. The summed E-state index contributed by atoms with van der Waals surface area (Å²) in [6, 6.07) is 0. The Morgan fingerprint density at radius 1 is 1.50 bits per heavy atom. The normalized spacial score (nSPS) is 26.5. The van der Waals surface area contributed by atoms with Crippen LogP contribution in [0, 0.1) is 0 Å². The minimum absolute atomic E-state index is 0.0536. The lowest BCUT2D eigenvalue weighted by molar-refractivity contribution is 0.0182. The maximum atomic E-state index is 9.05. The molecule has 2 N–H and O–H groups in total. The molecule has 1 aliphatic rings. The van der Waals surface area contributed by atoms with Gasteiger partial charge in [-0.15, -0.1) is 0 Å². The van der Waals surface area contributed by atoms with Crippen molar-refractivity contribution in [1.82, 2.24) is 4.90 Å². The molecule has 0 spiro atoms. The molecule has 0 saturated carbocycles. The van der Waals surface area contributed by atoms with Crippen molar-refractivity contribution in [1.29, 1.82) is 0 Å². The Morgan fingerprint density at radius 2 is 2.17 bits per heavy atom. The zero-order valence-corrected chi connectivity index (χ0v) is 7.66. The molecule has 0 bridgehead atoms. The van der Waals surface area contributed by atoms with Gasteiger partial charge in [0.1, 0.15) is 6.73 Å². The molecule has 0 aliphatic carbocycles. The Balaban J connectivity index is 2.46. The molecule has 1 atom stereocenters. The van der Waals surface area contributed by atoms with Crippen LogP contribution in [0.4, 0.5) is 0 Å². The van der Waals surface area contributed by atoms with E-state index in [9.17, 15) is 0 Å². The minimum atomic E-state index is -0.246. The van der Waals surface area contributed by atoms with Gasteiger partial charge in [-0.05, 0) is 13.8 Å². The first-order valence-electron chi connectivity index (χ1n) is 4.18. The fourth-order valence-corrected chi connectivity index (χ4v) is 1.18. The van der Waals surface area contributed by atoms with Crippen LogP contribution in [-0.4, -0.2) is 53.2 Å². The fraction of sp³-hybridized carbons (Fsp3) is 1.00. The monoisotopic (exact) mass is 175 g/mol. The summed E-state index contributed by atoms with van der Waals surface area (Å²) in [5, 5.41) is 17.9. The highest BCUT2D eigenvalue weighted by atomic mass is 16.5. The molecule has 4 heteroatoms. The van der Waals surface area contributed by atoms with Crippen molar-refractivity contribution in [2.75, 3.05) is 26.5 Å². The van der Waals surface area contributed by atoms with Gasteiger partial charge in [0, 0.05) is 12.1 Å². The molecular formula is C8H17NO3. The van der Waals surface area contributed by atoms with Gasteiger partial charge in [-0.25, -0.2) is 0 Å². The van der Waals surface area contributed by atoms with Gasteiger partial charge in [-0.1, -0.05) is 0 Å². The SMILES string of the molecule is CC(C)(CO)N1CO[C@H](CO)C1. The smallest absolute Gasteiger partial charge is 0.100 e. The predicted molar refractivity (Wildman–Crippen MR) is 44.7 cm³/mol. The van der Waals surface area contributed by atoms with Crippen LogP contribution in [-0.2, 0) is 4.74 Å². The second-order valence-electron chi connectivity index (χ2n) is 3.79. The van der Waals surface area contributed by atoms with Gasteiger partial charge in [0.2, 0.25) is 0 Å². The first-order valence-corrected chi connectivity index (χ1v) is 4.18. The van der Waals surface area contributed by atoms with Crippen LogP contribution in [0.5, 0.6) is 0 Å². The average Bonchev–Trinajstić information content (AvgIpc) is 2.52. The van der Waals surface area contributed by atoms with Crippen molar-refractivity contribution < 1.29 is 14.9 Å². The molecule has 1 aliphatic heterocycles. The van der Waals surface area contributed by atoms with Crippen LogP contribution in [0.15, 0.2) is 0 Å². The van der Waals surface area contributed by atoms with Gasteiger partial charge in [-0.3, -0.25) is 4.90 Å². The van der Waals surface area contributed by atoms with Crippen LogP contribution >= 0.6 is 0 Å². The van der Waals surface area contributed by atoms with E-state index in [0.717, 1.165) is 0 Å². The van der Waals surface area contributed by atoms with Crippen molar-refractivity contribution in [2.24, 2.45) is 0 Å². The maximum Gasteiger partial charge on any atom is 0.100 e. The molecule has 0 unspecified atom stereocenters. The van der Waals surface area contributed by atoms with E-state index in [2.05, 4.69) is 0 Å². The lowest BCUT2D eigenvalue weighted by Gasteiger charge is -2.32. The first kappa shape index (κ1) is 9.92. The third-order valence-corrected chi connectivity index (χ3v) is 2.34. The zero-order valence-electron chi connectivity index (χ0n) is 7.66. The van der Waals surface area contributed by atoms with Crippen molar-refractivity contribution in [2.45, 2.75) is 25.5 Å². The molecular weight excluding hydrogens is 158 g/mol. The molecule has 1 saturated heterocycles. The summed E-state index contributed by atoms with van der Waals surface area (Å²) in [6.45, 7) is 5.27. The maximum absolute atomic E-state index is 9.05. The van der Waals surface area contributed by atoms with E-state index < -0.39 is 0 Å². The molecule has 4 nitrogen and oxygen atoms in total. The Morgan fingerprint density at radius 3 is 2.58 bits per heavy atom. The molecule has 72 valence electrons. The molecule has 0 aromatic carbocycles. The second-order valence-corrected chi connectivity index (χ2v) is 3.79. The number of aliphatic hydroxyl groups excluding tert-OH is 2. The highest BCUT2D eigenvalue weighted by Gasteiger charge is 2.33. The number of nitrogens with zero attached hydrogens (tertiary/aromatic N) is 1. The largest absolute Gasteiger partial charge is 0.394 e. The summed E-state index contributed by atoms with van der Waals surface area (Å²) in [5.74, 6) is 0. The minimum Gasteiger partial charge on any atom is -0.394 e. The average molecular weight is 175 g/mol. The molecule has 0 aromatic rings. The number of ether oxygens (including phenoxy) is 1. The van der Waals surface area contributed by atoms with E-state index >= 15 is 0 Å². The van der Waals surface area contributed by atoms with Crippen LogP contribution in [0.25, 0.3) is 0 Å². The number of hydrogen-bond donors (Lipinski definition) is 2. The van der Waals surface area contributed by atoms with Crippen LogP contribution in [0.2, 0.25) is 0 Å². The third-order valence-electron chi connectivity index (χ3n) is 2.34. The van der Waals surface area contributed by atoms with E-state index in [-0.39, 0.29) is 24.9 Å². The third kappa shape index (κ3) is 1.95. The summed E-state index contributed by atoms with van der Waals surface area (Å²) < 4.78 is 5.27. The van der Waals surface area contributed by atoms with Crippen LogP contribution < -0.4 is 0 Å². The van der Waals surface area contributed by atoms with Gasteiger partial charge in [0.25, 0.3) is 0 Å². The molecule has 0 aromatic heterocycles. The molecule has 1 fully saturated rings. The molecule has 12 heavy (non-hydrogen) atoms. The Kier molecular flexibility index (Phi) is 3.06. The molecule has 0 radical (unpaired) electrons. The van der Waals surface area contributed by atoms with E-state index in [0.29, 0.717) is 13.3 Å². The second kappa shape index (κ2) is 3.70. The summed E-state index contributed by atoms with van der Waals surface area (Å²) in [5.41, 5.74) is -0.246. The van der Waals surface area contributed by atoms with E-state index in [1.807, 2.05) is 18.7 Å². The van der Waals surface area contributed by atoms with Crippen LogP contribution in [0.3, 0.4) is 0 Å². The molecule has 1 rings (SSSR count). The number of hydrogen-bond acceptors (Lipinski definition) is 4. The topological polar surface area (TPSA) is 52.9 Å². The Labute approximate surface area is 72.7 Å². The highest BCUT2D eigenvalue weighted by Crippen LogP contribution is 2.19. The van der Waals surface area contributed by atoms with Crippen molar-refractivity contribution in [3.63, 3.8) is 0 Å². The zero-order chi connectivity index (χ0) is 9.19. The van der Waals surface area contributed by atoms with E-state index in [1.54, 1.807) is 0 Å². The van der Waals surface area contributed by atoms with Crippen LogP contribution in [0.1, 0.15) is 13.8 Å². The summed E-state index contributed by atoms with van der Waals surface area (Å²) in [6.07, 6.45) is -0.0872. The highest BCUT2D eigenvalue weighted by molar-refractivity contribution is 4.84. The molecule has 1 heterocycles. The lowest BCUT2D eigenvalue weighted by Crippen LogP contribution is -2.45. The standard InChI is InChI=1S/C8H17NO3/c1-8(2,5-11)9-3-7(4-10)12-6-9/h7,10-11H,3-6H2,1-2H3/t7-/m0/s1. The summed E-state index contributed by atoms with van der Waals surface area (Å²) >= 11 is 0. The predicted octanol–water partition coefficient (Wildman–Crippen LogP) is -0.592. The number of rotatable bonds is 3.